The summed E-state index contributed by atoms with van der Waals surface area (Å²) in [7, 11) is -3.72. The van der Waals surface area contributed by atoms with E-state index in [2.05, 4.69) is 16.1 Å². The van der Waals surface area contributed by atoms with Crippen LogP contribution in [0.25, 0.3) is 0 Å². The van der Waals surface area contributed by atoms with E-state index in [1.165, 1.54) is 17.3 Å². The van der Waals surface area contributed by atoms with Gasteiger partial charge < -0.3 is 5.32 Å². The summed E-state index contributed by atoms with van der Waals surface area (Å²) in [4.78, 5) is 13.1. The van der Waals surface area contributed by atoms with Crippen molar-refractivity contribution < 1.29 is 13.2 Å². The summed E-state index contributed by atoms with van der Waals surface area (Å²) < 4.78 is 29.0. The minimum absolute atomic E-state index is 0.140. The zero-order valence-electron chi connectivity index (χ0n) is 16.4. The molecule has 7 heteroatoms. The number of nitrogens with one attached hydrogen (secondary N) is 2. The maximum atomic E-state index is 13.1. The second-order valence-corrected chi connectivity index (χ2v) is 9.83. The maximum Gasteiger partial charge on any atom is 0.241 e. The average molecular weight is 419 g/mol. The minimum Gasteiger partial charge on any atom is -0.325 e. The highest BCUT2D eigenvalue weighted by Gasteiger charge is 2.26. The number of hydrogen-bond acceptors (Lipinski definition) is 4. The van der Waals surface area contributed by atoms with E-state index in [0.717, 1.165) is 29.7 Å². The number of thioether (sulfide) groups is 1. The highest BCUT2D eigenvalue weighted by molar-refractivity contribution is 7.98. The number of carbonyl (C=O) groups excluding carboxylic acids is 1. The van der Waals surface area contributed by atoms with Crippen molar-refractivity contribution in [3.63, 3.8) is 0 Å². The number of aryl methyl sites for hydroxylation is 1. The molecule has 1 atom stereocenters. The lowest BCUT2D eigenvalue weighted by Crippen LogP contribution is -2.31. The topological polar surface area (TPSA) is 75.3 Å². The Morgan fingerprint density at radius 2 is 1.93 bits per heavy atom. The van der Waals surface area contributed by atoms with Crippen LogP contribution in [-0.2, 0) is 21.2 Å². The second kappa shape index (κ2) is 8.68. The molecule has 2 aromatic rings. The number of amides is 1. The lowest BCUT2D eigenvalue weighted by molar-refractivity contribution is -0.118. The zero-order valence-corrected chi connectivity index (χ0v) is 18.0. The highest BCUT2D eigenvalue weighted by atomic mass is 32.2. The first-order valence-electron chi connectivity index (χ1n) is 9.41. The number of sulfonamides is 1. The average Bonchev–Trinajstić information content (AvgIpc) is 2.68. The van der Waals surface area contributed by atoms with Crippen LogP contribution in [0.3, 0.4) is 0 Å². The SMILES string of the molecule is CSc1ccc(S(=O)(=O)N[C@H]2CCCc3ccccc32)cc1NC(=O)C(C)C. The summed E-state index contributed by atoms with van der Waals surface area (Å²) in [6.07, 6.45) is 4.59. The number of hydrogen-bond donors (Lipinski definition) is 2. The summed E-state index contributed by atoms with van der Waals surface area (Å²) in [5.41, 5.74) is 2.77. The lowest BCUT2D eigenvalue weighted by Gasteiger charge is -2.26. The van der Waals surface area contributed by atoms with Crippen molar-refractivity contribution in [1.82, 2.24) is 4.72 Å². The van der Waals surface area contributed by atoms with E-state index < -0.39 is 10.0 Å². The van der Waals surface area contributed by atoms with Crippen LogP contribution in [0, 0.1) is 5.92 Å². The Hall–Kier alpha value is -1.83. The van der Waals surface area contributed by atoms with Gasteiger partial charge in [-0.2, -0.15) is 0 Å². The van der Waals surface area contributed by atoms with Crippen LogP contribution in [0.15, 0.2) is 52.3 Å². The maximum absolute atomic E-state index is 13.1. The molecule has 0 bridgehead atoms. The lowest BCUT2D eigenvalue weighted by atomic mass is 9.88. The van der Waals surface area contributed by atoms with Gasteiger partial charge in [0.25, 0.3) is 0 Å². The fourth-order valence-electron chi connectivity index (χ4n) is 3.36. The van der Waals surface area contributed by atoms with E-state index in [0.29, 0.717) is 5.69 Å². The van der Waals surface area contributed by atoms with Crippen LogP contribution in [0.2, 0.25) is 0 Å². The van der Waals surface area contributed by atoms with Gasteiger partial charge in [-0.3, -0.25) is 4.79 Å². The zero-order chi connectivity index (χ0) is 20.3. The number of carbonyl (C=O) groups is 1. The number of fused-ring (bicyclic) bond motifs is 1. The van der Waals surface area contributed by atoms with Gasteiger partial charge in [0.2, 0.25) is 15.9 Å². The summed E-state index contributed by atoms with van der Waals surface area (Å²) in [6, 6.07) is 12.6. The molecule has 0 heterocycles. The van der Waals surface area contributed by atoms with Gasteiger partial charge in [0.05, 0.1) is 10.6 Å². The molecule has 0 saturated carbocycles. The van der Waals surface area contributed by atoms with Gasteiger partial charge in [0, 0.05) is 16.9 Å². The van der Waals surface area contributed by atoms with Crippen molar-refractivity contribution in [2.45, 2.75) is 48.9 Å². The predicted molar refractivity (Wildman–Crippen MR) is 114 cm³/mol. The third-order valence-electron chi connectivity index (χ3n) is 4.93. The van der Waals surface area contributed by atoms with Crippen molar-refractivity contribution in [1.29, 1.82) is 0 Å². The highest BCUT2D eigenvalue weighted by Crippen LogP contribution is 2.32. The molecule has 150 valence electrons. The number of anilines is 1. The Morgan fingerprint density at radius 1 is 1.18 bits per heavy atom. The van der Waals surface area contributed by atoms with Crippen LogP contribution in [0.4, 0.5) is 5.69 Å². The number of rotatable bonds is 6. The molecule has 2 aromatic carbocycles. The van der Waals surface area contributed by atoms with Crippen LogP contribution in [0.1, 0.15) is 43.9 Å². The van der Waals surface area contributed by atoms with Crippen molar-refractivity contribution in [2.75, 3.05) is 11.6 Å². The van der Waals surface area contributed by atoms with Crippen molar-refractivity contribution >= 4 is 33.4 Å². The first-order chi connectivity index (χ1) is 13.3. The molecule has 0 spiro atoms. The largest absolute Gasteiger partial charge is 0.325 e. The summed E-state index contributed by atoms with van der Waals surface area (Å²) >= 11 is 1.46. The molecule has 1 amide bonds. The van der Waals surface area contributed by atoms with Crippen LogP contribution >= 0.6 is 11.8 Å². The summed E-state index contributed by atoms with van der Waals surface area (Å²) in [5.74, 6) is -0.328. The van der Waals surface area contributed by atoms with Crippen LogP contribution in [0.5, 0.6) is 0 Å². The quantitative estimate of drug-likeness (QED) is 0.684. The third kappa shape index (κ3) is 4.59. The van der Waals surface area contributed by atoms with Gasteiger partial charge in [-0.25, -0.2) is 13.1 Å². The molecule has 3 rings (SSSR count). The third-order valence-corrected chi connectivity index (χ3v) is 7.20. The van der Waals surface area contributed by atoms with Crippen molar-refractivity contribution in [2.24, 2.45) is 5.92 Å². The van der Waals surface area contributed by atoms with E-state index in [9.17, 15) is 13.2 Å². The van der Waals surface area contributed by atoms with E-state index in [4.69, 9.17) is 0 Å². The van der Waals surface area contributed by atoms with Gasteiger partial charge in [0.1, 0.15) is 0 Å². The molecular weight excluding hydrogens is 392 g/mol. The Labute approximate surface area is 171 Å². The molecule has 1 aliphatic rings. The molecule has 1 aliphatic carbocycles. The fraction of sp³-hybridized carbons (Fsp3) is 0.381. The smallest absolute Gasteiger partial charge is 0.241 e. The normalized spacial score (nSPS) is 16.6. The van der Waals surface area contributed by atoms with Gasteiger partial charge in [-0.15, -0.1) is 11.8 Å². The van der Waals surface area contributed by atoms with Gasteiger partial charge >= 0.3 is 0 Å². The first kappa shape index (κ1) is 20.9. The molecule has 28 heavy (non-hydrogen) atoms. The Balaban J connectivity index is 1.89. The van der Waals surface area contributed by atoms with Crippen molar-refractivity contribution in [3.8, 4) is 0 Å². The monoisotopic (exact) mass is 418 g/mol. The van der Waals surface area contributed by atoms with Gasteiger partial charge in [-0.1, -0.05) is 38.1 Å². The van der Waals surface area contributed by atoms with Gasteiger partial charge in [-0.05, 0) is 54.8 Å². The molecule has 0 radical (unpaired) electrons. The molecule has 0 saturated heterocycles. The summed E-state index contributed by atoms with van der Waals surface area (Å²) in [5, 5.41) is 2.84. The minimum atomic E-state index is -3.72. The molecular formula is C21H26N2O3S2. The van der Waals surface area contributed by atoms with Crippen molar-refractivity contribution in [3.05, 3.63) is 53.6 Å². The molecule has 0 aromatic heterocycles. The van der Waals surface area contributed by atoms with E-state index in [-0.39, 0.29) is 22.8 Å². The van der Waals surface area contributed by atoms with E-state index in [1.54, 1.807) is 32.0 Å². The van der Waals surface area contributed by atoms with Crippen LogP contribution < -0.4 is 10.0 Å². The predicted octanol–water partition coefficient (Wildman–Crippen LogP) is 4.36. The molecule has 0 unspecified atom stereocenters. The van der Waals surface area contributed by atoms with E-state index in [1.807, 2.05) is 24.5 Å². The first-order valence-corrected chi connectivity index (χ1v) is 12.1. The number of benzene rings is 2. The Kier molecular flexibility index (Phi) is 6.47. The Morgan fingerprint density at radius 3 is 2.64 bits per heavy atom. The van der Waals surface area contributed by atoms with Crippen LogP contribution in [-0.4, -0.2) is 20.6 Å². The molecule has 5 nitrogen and oxygen atoms in total. The van der Waals surface area contributed by atoms with E-state index >= 15 is 0 Å². The second-order valence-electron chi connectivity index (χ2n) is 7.27. The molecule has 0 aliphatic heterocycles. The molecule has 0 fully saturated rings. The fourth-order valence-corrected chi connectivity index (χ4v) is 5.17. The molecule has 2 N–H and O–H groups in total. The standard InChI is InChI=1S/C21H26N2O3S2/c1-14(2)21(24)22-19-13-16(11-12-20(19)27-3)28(25,26)23-18-10-6-8-15-7-4-5-9-17(15)18/h4-5,7,9,11-14,18,23H,6,8,10H2,1-3H3,(H,22,24)/t18-/m0/s1. The summed E-state index contributed by atoms with van der Waals surface area (Å²) in [6.45, 7) is 3.60. The van der Waals surface area contributed by atoms with Gasteiger partial charge in [0.15, 0.2) is 0 Å². The Bertz CT molecular complexity index is 971.